The summed E-state index contributed by atoms with van der Waals surface area (Å²) in [6.07, 6.45) is -1.52. The summed E-state index contributed by atoms with van der Waals surface area (Å²) in [5, 5.41) is 35.5. The Hall–Kier alpha value is -2.39. The molecule has 0 saturated carbocycles. The van der Waals surface area contributed by atoms with E-state index in [1.165, 1.54) is 7.11 Å². The lowest BCUT2D eigenvalue weighted by atomic mass is 9.82. The molecule has 0 bridgehead atoms. The number of carbonyl (C=O) groups excluding carboxylic acids is 3. The topological polar surface area (TPSA) is 201 Å². The normalized spacial score (nSPS) is 42.7. The van der Waals surface area contributed by atoms with Crippen molar-refractivity contribution in [1.82, 2.24) is 9.80 Å². The number of hydrogen-bond acceptors (Lipinski definition) is 17. The quantitative estimate of drug-likeness (QED) is 0.167. The van der Waals surface area contributed by atoms with Crippen molar-refractivity contribution in [3.63, 3.8) is 0 Å². The van der Waals surface area contributed by atoms with Gasteiger partial charge in [0, 0.05) is 38.8 Å². The zero-order chi connectivity index (χ0) is 48.3. The predicted octanol–water partition coefficient (Wildman–Crippen LogP) is 3.92. The lowest BCUT2D eigenvalue weighted by molar-refractivity contribution is -0.344. The van der Waals surface area contributed by atoms with Crippen molar-refractivity contribution in [3.05, 3.63) is 24.3 Å². The summed E-state index contributed by atoms with van der Waals surface area (Å²) < 4.78 is 56.3. The van der Waals surface area contributed by atoms with Crippen molar-refractivity contribution < 1.29 is 72.3 Å². The molecule has 4 rings (SSSR count). The SMILES string of the molecule is COC1C(O)CC(=O)OC(C)C/C=C/C=C/C(OC2CCC(N(C)C)C(C)O2)C(C)CC(CC=O)C1OC1OC(C)C(OC2CC(C)(O)C(OC(=O)CC(C)C)C(C)O2)C(N(C)C)C1O. The number of allylic oxidation sites excluding steroid dienone is 2. The van der Waals surface area contributed by atoms with Crippen LogP contribution in [0.4, 0.5) is 0 Å². The third-order valence-electron chi connectivity index (χ3n) is 13.2. The number of aliphatic hydroxyl groups excluding tert-OH is 2. The Kier molecular flexibility index (Phi) is 21.5. The molecule has 0 aromatic carbocycles. The monoisotopic (exact) mass is 927 g/mol. The van der Waals surface area contributed by atoms with Gasteiger partial charge in [-0.05, 0) is 99.8 Å². The molecule has 0 spiro atoms. The molecular formula is C48H82N2O15. The van der Waals surface area contributed by atoms with Gasteiger partial charge in [0.25, 0.3) is 0 Å². The van der Waals surface area contributed by atoms with Crippen molar-refractivity contribution >= 4 is 18.2 Å². The van der Waals surface area contributed by atoms with Crippen molar-refractivity contribution in [2.45, 2.75) is 210 Å². The fraction of sp³-hybridized carbons (Fsp3) is 0.854. The van der Waals surface area contributed by atoms with Gasteiger partial charge in [-0.1, -0.05) is 45.1 Å². The highest BCUT2D eigenvalue weighted by molar-refractivity contribution is 5.70. The lowest BCUT2D eigenvalue weighted by Gasteiger charge is -2.50. The van der Waals surface area contributed by atoms with Crippen LogP contribution in [-0.2, 0) is 57.0 Å². The average Bonchev–Trinajstić information content (AvgIpc) is 3.19. The van der Waals surface area contributed by atoms with Crippen molar-refractivity contribution in [2.75, 3.05) is 35.3 Å². The van der Waals surface area contributed by atoms with Crippen LogP contribution < -0.4 is 0 Å². The molecule has 374 valence electrons. The number of carbonyl (C=O) groups is 3. The van der Waals surface area contributed by atoms with E-state index in [1.807, 2.05) is 66.1 Å². The molecule has 3 fully saturated rings. The Morgan fingerprint density at radius 2 is 1.60 bits per heavy atom. The molecule has 4 heterocycles. The average molecular weight is 927 g/mol. The second-order valence-corrected chi connectivity index (χ2v) is 19.9. The van der Waals surface area contributed by atoms with E-state index in [9.17, 15) is 29.7 Å². The molecule has 65 heavy (non-hydrogen) atoms. The summed E-state index contributed by atoms with van der Waals surface area (Å²) >= 11 is 0. The molecule has 17 heteroatoms. The fourth-order valence-corrected chi connectivity index (χ4v) is 9.84. The minimum Gasteiger partial charge on any atom is -0.462 e. The molecule has 0 aliphatic carbocycles. The van der Waals surface area contributed by atoms with Gasteiger partial charge in [0.1, 0.15) is 36.3 Å². The van der Waals surface area contributed by atoms with E-state index < -0.39 is 116 Å². The number of cyclic esters (lactones) is 1. The van der Waals surface area contributed by atoms with E-state index in [-0.39, 0.29) is 43.2 Å². The van der Waals surface area contributed by atoms with Crippen LogP contribution in [-0.4, -0.2) is 182 Å². The number of ether oxygens (including phenoxy) is 9. The highest BCUT2D eigenvalue weighted by Gasteiger charge is 2.53. The summed E-state index contributed by atoms with van der Waals surface area (Å²) in [6.45, 7) is 14.7. The number of nitrogens with zero attached hydrogens (tertiary/aromatic N) is 2. The maximum Gasteiger partial charge on any atom is 0.308 e. The fourth-order valence-electron chi connectivity index (χ4n) is 9.84. The first-order valence-electron chi connectivity index (χ1n) is 23.6. The summed E-state index contributed by atoms with van der Waals surface area (Å²) in [7, 11) is 9.03. The molecule has 3 saturated heterocycles. The number of aldehydes is 1. The van der Waals surface area contributed by atoms with E-state index in [4.69, 9.17) is 42.6 Å². The van der Waals surface area contributed by atoms with Gasteiger partial charge in [-0.3, -0.25) is 9.59 Å². The Morgan fingerprint density at radius 1 is 0.908 bits per heavy atom. The number of rotatable bonds is 14. The Morgan fingerprint density at radius 3 is 2.20 bits per heavy atom. The molecule has 4 aliphatic heterocycles. The van der Waals surface area contributed by atoms with E-state index in [0.29, 0.717) is 19.3 Å². The van der Waals surface area contributed by atoms with Gasteiger partial charge in [0.15, 0.2) is 25.0 Å². The Balaban J connectivity index is 1.63. The van der Waals surface area contributed by atoms with Gasteiger partial charge in [0.05, 0.1) is 49.1 Å². The van der Waals surface area contributed by atoms with Crippen molar-refractivity contribution in [2.24, 2.45) is 17.8 Å². The molecule has 17 nitrogen and oxygen atoms in total. The number of likely N-dealkylation sites (N-methyl/N-ethyl adjacent to an activating group) is 2. The molecule has 0 aromatic heterocycles. The molecule has 3 N–H and O–H groups in total. The smallest absolute Gasteiger partial charge is 0.308 e. The van der Waals surface area contributed by atoms with Crippen LogP contribution in [0.3, 0.4) is 0 Å². The first-order valence-corrected chi connectivity index (χ1v) is 23.6. The zero-order valence-electron chi connectivity index (χ0n) is 41.1. The highest BCUT2D eigenvalue weighted by atomic mass is 16.7. The maximum atomic E-state index is 13.2. The third-order valence-corrected chi connectivity index (χ3v) is 13.2. The minimum absolute atomic E-state index is 0.0208. The maximum absolute atomic E-state index is 13.2. The van der Waals surface area contributed by atoms with Crippen LogP contribution in [0, 0.1) is 17.8 Å². The zero-order valence-corrected chi connectivity index (χ0v) is 41.1. The summed E-state index contributed by atoms with van der Waals surface area (Å²) in [4.78, 5) is 42.3. The van der Waals surface area contributed by atoms with Crippen LogP contribution in [0.2, 0.25) is 0 Å². The Bertz CT molecular complexity index is 1540. The van der Waals surface area contributed by atoms with Gasteiger partial charge in [0.2, 0.25) is 0 Å². The molecule has 0 aromatic rings. The molecule has 19 atom stereocenters. The lowest BCUT2D eigenvalue weighted by Crippen LogP contribution is -2.66. The molecule has 4 aliphatic rings. The van der Waals surface area contributed by atoms with Crippen molar-refractivity contribution in [1.29, 1.82) is 0 Å². The van der Waals surface area contributed by atoms with E-state index in [0.717, 1.165) is 12.7 Å². The molecular weight excluding hydrogens is 845 g/mol. The number of hydrogen-bond donors (Lipinski definition) is 3. The standard InChI is InChI=1S/C48H82N2O15/c1-27(2)23-37(53)63-46-32(7)60-40(26-48(46,8)56)64-43-31(6)61-47(42(55)41(43)50(11)12)65-44-33(21-22-51)24-28(3)36(62-39-20-19-34(49(9)10)30(5)59-39)18-16-14-15-17-29(4)58-38(54)25-35(52)45(44)57-13/h14-16,18,22,27-36,39-47,52,55-56H,17,19-21,23-26H2,1-13H3/b15-14+,18-16+. The second-order valence-electron chi connectivity index (χ2n) is 19.9. The number of esters is 2. The molecule has 19 unspecified atom stereocenters. The van der Waals surface area contributed by atoms with Crippen LogP contribution >= 0.6 is 0 Å². The summed E-state index contributed by atoms with van der Waals surface area (Å²) in [5.41, 5.74) is -1.49. The molecule has 0 amide bonds. The number of methoxy groups -OCH3 is 1. The van der Waals surface area contributed by atoms with Crippen molar-refractivity contribution in [3.8, 4) is 0 Å². The van der Waals surface area contributed by atoms with Crippen LogP contribution in [0.5, 0.6) is 0 Å². The summed E-state index contributed by atoms with van der Waals surface area (Å²) in [5.74, 6) is -1.85. The van der Waals surface area contributed by atoms with E-state index in [1.54, 1.807) is 46.7 Å². The van der Waals surface area contributed by atoms with Crippen LogP contribution in [0.25, 0.3) is 0 Å². The van der Waals surface area contributed by atoms with Gasteiger partial charge >= 0.3 is 11.9 Å². The highest BCUT2D eigenvalue weighted by Crippen LogP contribution is 2.38. The Labute approximate surface area is 387 Å². The van der Waals surface area contributed by atoms with Gasteiger partial charge in [-0.2, -0.15) is 0 Å². The predicted molar refractivity (Wildman–Crippen MR) is 240 cm³/mol. The minimum atomic E-state index is -1.49. The van der Waals surface area contributed by atoms with Crippen LogP contribution in [0.15, 0.2) is 24.3 Å². The summed E-state index contributed by atoms with van der Waals surface area (Å²) in [6, 6.07) is -0.506. The second kappa shape index (κ2) is 25.3. The van der Waals surface area contributed by atoms with E-state index in [2.05, 4.69) is 4.90 Å². The van der Waals surface area contributed by atoms with E-state index >= 15 is 0 Å². The van der Waals surface area contributed by atoms with Crippen LogP contribution in [0.1, 0.15) is 107 Å². The third kappa shape index (κ3) is 15.6. The largest absolute Gasteiger partial charge is 0.462 e. The van der Waals surface area contributed by atoms with Gasteiger partial charge in [-0.25, -0.2) is 0 Å². The van der Waals surface area contributed by atoms with Gasteiger partial charge < -0.3 is 72.5 Å². The first-order chi connectivity index (χ1) is 30.6. The first kappa shape index (κ1) is 55.2. The number of aliphatic hydroxyl groups is 3. The molecule has 0 radical (unpaired) electrons. The van der Waals surface area contributed by atoms with Gasteiger partial charge in [-0.15, -0.1) is 0 Å².